The second-order valence-electron chi connectivity index (χ2n) is 4.51. The minimum Gasteiger partial charge on any atom is -0.389 e. The van der Waals surface area contributed by atoms with E-state index in [4.69, 9.17) is 29.6 Å². The Hall–Kier alpha value is -1.65. The van der Waals surface area contributed by atoms with Crippen LogP contribution in [0.5, 0.6) is 0 Å². The number of benzene rings is 2. The molecular weight excluding hydrogens is 295 g/mol. The second kappa shape index (κ2) is 6.20. The van der Waals surface area contributed by atoms with Gasteiger partial charge in [0.25, 0.3) is 0 Å². The van der Waals surface area contributed by atoms with Crippen LogP contribution < -0.4 is 10.6 Å². The first-order valence-corrected chi connectivity index (χ1v) is 6.81. The number of nitrogens with two attached hydrogens (primary N) is 1. The summed E-state index contributed by atoms with van der Waals surface area (Å²) in [6.45, 7) is 0.656. The normalized spacial score (nSPS) is 10.3. The van der Waals surface area contributed by atoms with Gasteiger partial charge in [0.2, 0.25) is 0 Å². The summed E-state index contributed by atoms with van der Waals surface area (Å²) in [5.74, 6) is -0.405. The van der Waals surface area contributed by atoms with Gasteiger partial charge < -0.3 is 10.6 Å². The van der Waals surface area contributed by atoms with Crippen LogP contribution in [0.15, 0.2) is 42.5 Å². The third-order valence-corrected chi connectivity index (χ3v) is 3.46. The molecule has 0 bridgehead atoms. The largest absolute Gasteiger partial charge is 0.389 e. The van der Waals surface area contributed by atoms with Crippen molar-refractivity contribution in [2.45, 2.75) is 6.54 Å². The van der Waals surface area contributed by atoms with E-state index in [1.807, 2.05) is 36.2 Å². The highest BCUT2D eigenvalue weighted by Gasteiger charge is 2.09. The molecule has 0 radical (unpaired) electrons. The van der Waals surface area contributed by atoms with Crippen molar-refractivity contribution in [1.82, 2.24) is 0 Å². The van der Waals surface area contributed by atoms with Gasteiger partial charge in [-0.3, -0.25) is 0 Å². The Morgan fingerprint density at radius 1 is 1.25 bits per heavy atom. The van der Waals surface area contributed by atoms with E-state index in [2.05, 4.69) is 0 Å². The van der Waals surface area contributed by atoms with Crippen molar-refractivity contribution in [3.05, 3.63) is 64.4 Å². The lowest BCUT2D eigenvalue weighted by Crippen LogP contribution is -2.18. The van der Waals surface area contributed by atoms with Gasteiger partial charge in [0.05, 0.1) is 0 Å². The summed E-state index contributed by atoms with van der Waals surface area (Å²) >= 11 is 10.6. The van der Waals surface area contributed by atoms with Crippen molar-refractivity contribution in [3.8, 4) is 0 Å². The molecule has 0 unspecified atom stereocenters. The fourth-order valence-electron chi connectivity index (χ4n) is 1.90. The minimum atomic E-state index is -0.405. The molecule has 0 aliphatic carbocycles. The Morgan fingerprint density at radius 3 is 2.45 bits per heavy atom. The van der Waals surface area contributed by atoms with Crippen LogP contribution in [0, 0.1) is 5.82 Å². The molecule has 2 nitrogen and oxygen atoms in total. The van der Waals surface area contributed by atoms with Gasteiger partial charge in [-0.2, -0.15) is 0 Å². The van der Waals surface area contributed by atoms with Crippen molar-refractivity contribution in [1.29, 1.82) is 0 Å². The number of nitrogens with zero attached hydrogens (tertiary/aromatic N) is 1. The van der Waals surface area contributed by atoms with E-state index in [1.165, 1.54) is 6.07 Å². The summed E-state index contributed by atoms with van der Waals surface area (Å²) in [5.41, 5.74) is 7.57. The first-order valence-electron chi connectivity index (χ1n) is 6.02. The molecule has 104 valence electrons. The number of halogens is 2. The van der Waals surface area contributed by atoms with Crippen LogP contribution in [0.4, 0.5) is 10.1 Å². The standard InChI is InChI=1S/C15H14ClFN2S/c1-19(9-10-2-4-11(16)5-3-10)12-6-7-13(15(18)20)14(17)8-12/h2-8H,9H2,1H3,(H2,18,20). The number of hydrogen-bond acceptors (Lipinski definition) is 2. The van der Waals surface area contributed by atoms with E-state index < -0.39 is 5.82 Å². The summed E-state index contributed by atoms with van der Waals surface area (Å²) in [4.78, 5) is 2.00. The smallest absolute Gasteiger partial charge is 0.135 e. The molecule has 0 aliphatic rings. The SMILES string of the molecule is CN(Cc1ccc(Cl)cc1)c1ccc(C(N)=S)c(F)c1. The molecule has 0 aliphatic heterocycles. The first kappa shape index (κ1) is 14.8. The van der Waals surface area contributed by atoms with E-state index in [1.54, 1.807) is 12.1 Å². The summed E-state index contributed by atoms with van der Waals surface area (Å²) in [7, 11) is 1.89. The fourth-order valence-corrected chi connectivity index (χ4v) is 2.19. The van der Waals surface area contributed by atoms with Gasteiger partial charge in [-0.1, -0.05) is 36.0 Å². The zero-order valence-electron chi connectivity index (χ0n) is 10.9. The third-order valence-electron chi connectivity index (χ3n) is 2.99. The Bertz CT molecular complexity index is 628. The maximum atomic E-state index is 13.8. The monoisotopic (exact) mass is 308 g/mol. The highest BCUT2D eigenvalue weighted by molar-refractivity contribution is 7.80. The van der Waals surface area contributed by atoms with Gasteiger partial charge >= 0.3 is 0 Å². The van der Waals surface area contributed by atoms with Crippen LogP contribution in [-0.4, -0.2) is 12.0 Å². The zero-order chi connectivity index (χ0) is 14.7. The second-order valence-corrected chi connectivity index (χ2v) is 5.39. The van der Waals surface area contributed by atoms with Crippen LogP contribution in [0.1, 0.15) is 11.1 Å². The Balaban J connectivity index is 2.17. The lowest BCUT2D eigenvalue weighted by atomic mass is 10.1. The van der Waals surface area contributed by atoms with Gasteiger partial charge in [0.1, 0.15) is 10.8 Å². The van der Waals surface area contributed by atoms with Crippen LogP contribution >= 0.6 is 23.8 Å². The number of hydrogen-bond donors (Lipinski definition) is 1. The van der Waals surface area contributed by atoms with E-state index in [9.17, 15) is 4.39 Å². The molecule has 2 rings (SSSR count). The first-order chi connectivity index (χ1) is 9.47. The molecule has 20 heavy (non-hydrogen) atoms. The highest BCUT2D eigenvalue weighted by Crippen LogP contribution is 2.20. The van der Waals surface area contributed by atoms with Crippen LogP contribution in [0.2, 0.25) is 5.02 Å². The molecule has 0 aromatic heterocycles. The number of thiocarbonyl (C=S) groups is 1. The van der Waals surface area contributed by atoms with Gasteiger partial charge in [-0.05, 0) is 35.9 Å². The predicted molar refractivity (Wildman–Crippen MR) is 85.8 cm³/mol. The van der Waals surface area contributed by atoms with Crippen molar-refractivity contribution in [2.24, 2.45) is 5.73 Å². The van der Waals surface area contributed by atoms with Crippen LogP contribution in [0.3, 0.4) is 0 Å². The van der Waals surface area contributed by atoms with Gasteiger partial charge in [0, 0.05) is 29.9 Å². The zero-order valence-corrected chi connectivity index (χ0v) is 12.5. The third kappa shape index (κ3) is 3.46. The molecule has 0 fully saturated rings. The molecule has 0 heterocycles. The molecular formula is C15H14ClFN2S. The Labute approximate surface area is 128 Å². The maximum absolute atomic E-state index is 13.8. The van der Waals surface area contributed by atoms with Gasteiger partial charge in [0.15, 0.2) is 0 Å². The predicted octanol–water partition coefficient (Wildman–Crippen LogP) is 3.75. The van der Waals surface area contributed by atoms with E-state index in [0.717, 1.165) is 11.3 Å². The van der Waals surface area contributed by atoms with Gasteiger partial charge in [-0.25, -0.2) is 4.39 Å². The lowest BCUT2D eigenvalue weighted by molar-refractivity contribution is 0.625. The topological polar surface area (TPSA) is 29.3 Å². The summed E-state index contributed by atoms with van der Waals surface area (Å²) < 4.78 is 13.8. The Kier molecular flexibility index (Phi) is 4.57. The summed E-state index contributed by atoms with van der Waals surface area (Å²) in [6.07, 6.45) is 0. The highest BCUT2D eigenvalue weighted by atomic mass is 35.5. The fraction of sp³-hybridized carbons (Fsp3) is 0.133. The Morgan fingerprint density at radius 2 is 1.90 bits per heavy atom. The minimum absolute atomic E-state index is 0.0643. The average Bonchev–Trinajstić information content (AvgIpc) is 2.40. The molecule has 0 saturated heterocycles. The molecule has 0 atom stereocenters. The quantitative estimate of drug-likeness (QED) is 0.872. The maximum Gasteiger partial charge on any atom is 0.135 e. The van der Waals surface area contributed by atoms with Gasteiger partial charge in [-0.15, -0.1) is 0 Å². The van der Waals surface area contributed by atoms with Crippen molar-refractivity contribution >= 4 is 34.5 Å². The van der Waals surface area contributed by atoms with Crippen LogP contribution in [-0.2, 0) is 6.54 Å². The number of rotatable bonds is 4. The molecule has 0 amide bonds. The summed E-state index contributed by atoms with van der Waals surface area (Å²) in [6, 6.07) is 12.4. The summed E-state index contributed by atoms with van der Waals surface area (Å²) in [5, 5.41) is 0.697. The lowest BCUT2D eigenvalue weighted by Gasteiger charge is -2.20. The van der Waals surface area contributed by atoms with Crippen molar-refractivity contribution in [3.63, 3.8) is 0 Å². The van der Waals surface area contributed by atoms with E-state index >= 15 is 0 Å². The van der Waals surface area contributed by atoms with Crippen LogP contribution in [0.25, 0.3) is 0 Å². The molecule has 2 N–H and O–H groups in total. The molecule has 2 aromatic carbocycles. The van der Waals surface area contributed by atoms with Crippen molar-refractivity contribution in [2.75, 3.05) is 11.9 Å². The van der Waals surface area contributed by atoms with E-state index in [-0.39, 0.29) is 10.6 Å². The molecule has 2 aromatic rings. The number of anilines is 1. The molecule has 0 saturated carbocycles. The van der Waals surface area contributed by atoms with E-state index in [0.29, 0.717) is 11.6 Å². The molecule has 0 spiro atoms. The van der Waals surface area contributed by atoms with Crippen molar-refractivity contribution < 1.29 is 4.39 Å². The molecule has 5 heteroatoms. The average molecular weight is 309 g/mol.